The van der Waals surface area contributed by atoms with Crippen molar-refractivity contribution in [1.29, 1.82) is 0 Å². The lowest BCUT2D eigenvalue weighted by atomic mass is 10.1. The second-order valence-corrected chi connectivity index (χ2v) is 5.76. The molecule has 22 heavy (non-hydrogen) atoms. The number of para-hydroxylation sites is 1. The van der Waals surface area contributed by atoms with E-state index in [1.807, 2.05) is 30.3 Å². The number of amides is 1. The Bertz CT molecular complexity index is 674. The standard InChI is InChI=1S/C16H17ClN4O/c17-11-5-6-15(19-9-11)20-12-7-8-21(10-12)14-4-2-1-3-13(14)16(18)22/h1-6,9,12H,7-8,10H2,(H2,18,22)(H,19,20). The molecule has 5 nitrogen and oxygen atoms in total. The second-order valence-electron chi connectivity index (χ2n) is 5.32. The van der Waals surface area contributed by atoms with Crippen molar-refractivity contribution >= 4 is 29.0 Å². The quantitative estimate of drug-likeness (QED) is 0.909. The van der Waals surface area contributed by atoms with Gasteiger partial charge in [-0.1, -0.05) is 23.7 Å². The van der Waals surface area contributed by atoms with Crippen molar-refractivity contribution in [3.05, 3.63) is 53.2 Å². The van der Waals surface area contributed by atoms with Gasteiger partial charge >= 0.3 is 0 Å². The number of rotatable bonds is 4. The number of primary amides is 1. The van der Waals surface area contributed by atoms with E-state index in [4.69, 9.17) is 17.3 Å². The lowest BCUT2D eigenvalue weighted by Crippen LogP contribution is -2.28. The summed E-state index contributed by atoms with van der Waals surface area (Å²) < 4.78 is 0. The molecule has 0 spiro atoms. The van der Waals surface area contributed by atoms with Crippen LogP contribution >= 0.6 is 11.6 Å². The third-order valence-corrected chi connectivity index (χ3v) is 4.00. The van der Waals surface area contributed by atoms with E-state index in [1.54, 1.807) is 12.3 Å². The molecule has 2 aromatic rings. The number of nitrogens with one attached hydrogen (secondary N) is 1. The Hall–Kier alpha value is -2.27. The first-order valence-corrected chi connectivity index (χ1v) is 7.53. The molecule has 0 radical (unpaired) electrons. The van der Waals surface area contributed by atoms with Crippen molar-refractivity contribution in [3.8, 4) is 0 Å². The molecule has 1 atom stereocenters. The summed E-state index contributed by atoms with van der Waals surface area (Å²) >= 11 is 5.84. The lowest BCUT2D eigenvalue weighted by molar-refractivity contribution is 0.100. The predicted molar refractivity (Wildman–Crippen MR) is 88.4 cm³/mol. The van der Waals surface area contributed by atoms with E-state index in [1.165, 1.54) is 0 Å². The largest absolute Gasteiger partial charge is 0.369 e. The van der Waals surface area contributed by atoms with Crippen LogP contribution in [-0.2, 0) is 0 Å². The molecule has 114 valence electrons. The summed E-state index contributed by atoms with van der Waals surface area (Å²) in [5.41, 5.74) is 6.91. The Morgan fingerprint density at radius 3 is 2.86 bits per heavy atom. The number of nitrogens with zero attached hydrogens (tertiary/aromatic N) is 2. The Morgan fingerprint density at radius 1 is 1.32 bits per heavy atom. The van der Waals surface area contributed by atoms with Crippen LogP contribution < -0.4 is 16.0 Å². The maximum absolute atomic E-state index is 11.5. The zero-order valence-corrected chi connectivity index (χ0v) is 12.8. The highest BCUT2D eigenvalue weighted by molar-refractivity contribution is 6.30. The molecule has 1 aliphatic heterocycles. The van der Waals surface area contributed by atoms with Crippen molar-refractivity contribution < 1.29 is 4.79 Å². The normalized spacial score (nSPS) is 17.5. The van der Waals surface area contributed by atoms with Crippen LogP contribution in [0.2, 0.25) is 5.02 Å². The van der Waals surface area contributed by atoms with Gasteiger partial charge in [0.15, 0.2) is 0 Å². The molecule has 3 rings (SSSR count). The Balaban J connectivity index is 1.70. The van der Waals surface area contributed by atoms with Crippen LogP contribution in [0.25, 0.3) is 0 Å². The van der Waals surface area contributed by atoms with Gasteiger partial charge < -0.3 is 16.0 Å². The molecule has 6 heteroatoms. The summed E-state index contributed by atoms with van der Waals surface area (Å²) in [5.74, 6) is 0.408. The molecule has 0 aliphatic carbocycles. The van der Waals surface area contributed by atoms with Gasteiger partial charge in [0.05, 0.1) is 10.6 Å². The highest BCUT2D eigenvalue weighted by Crippen LogP contribution is 2.25. The molecule has 1 aliphatic rings. The highest BCUT2D eigenvalue weighted by Gasteiger charge is 2.25. The number of carbonyl (C=O) groups is 1. The van der Waals surface area contributed by atoms with Crippen LogP contribution in [-0.4, -0.2) is 30.0 Å². The second kappa shape index (κ2) is 6.23. The molecule has 1 fully saturated rings. The van der Waals surface area contributed by atoms with Gasteiger partial charge in [-0.2, -0.15) is 0 Å². The van der Waals surface area contributed by atoms with Gasteiger partial charge in [-0.25, -0.2) is 4.98 Å². The van der Waals surface area contributed by atoms with Crippen molar-refractivity contribution in [2.24, 2.45) is 5.73 Å². The zero-order valence-electron chi connectivity index (χ0n) is 12.0. The highest BCUT2D eigenvalue weighted by atomic mass is 35.5. The van der Waals surface area contributed by atoms with Gasteiger partial charge in [0.25, 0.3) is 5.91 Å². The summed E-state index contributed by atoms with van der Waals surface area (Å²) in [6.07, 6.45) is 2.59. The van der Waals surface area contributed by atoms with Crippen molar-refractivity contribution in [3.63, 3.8) is 0 Å². The molecule has 0 saturated carbocycles. The van der Waals surface area contributed by atoms with E-state index < -0.39 is 5.91 Å². The Morgan fingerprint density at radius 2 is 2.14 bits per heavy atom. The molecule has 1 saturated heterocycles. The smallest absolute Gasteiger partial charge is 0.250 e. The van der Waals surface area contributed by atoms with Gasteiger partial charge in [0.1, 0.15) is 5.82 Å². The first-order chi connectivity index (χ1) is 10.6. The van der Waals surface area contributed by atoms with Crippen molar-refractivity contribution in [2.45, 2.75) is 12.5 Å². The average Bonchev–Trinajstić information content (AvgIpc) is 2.98. The van der Waals surface area contributed by atoms with E-state index in [2.05, 4.69) is 15.2 Å². The van der Waals surface area contributed by atoms with Gasteiger partial charge in [-0.3, -0.25) is 4.79 Å². The van der Waals surface area contributed by atoms with Gasteiger partial charge in [0, 0.05) is 31.0 Å². The Kier molecular flexibility index (Phi) is 4.15. The minimum atomic E-state index is -0.397. The summed E-state index contributed by atoms with van der Waals surface area (Å²) in [6.45, 7) is 1.67. The minimum Gasteiger partial charge on any atom is -0.369 e. The topological polar surface area (TPSA) is 71.2 Å². The summed E-state index contributed by atoms with van der Waals surface area (Å²) in [5, 5.41) is 4.01. The van der Waals surface area contributed by atoms with Gasteiger partial charge in [-0.15, -0.1) is 0 Å². The molecule has 0 bridgehead atoms. The third-order valence-electron chi connectivity index (χ3n) is 3.78. The first-order valence-electron chi connectivity index (χ1n) is 7.15. The predicted octanol–water partition coefficient (Wildman–Crippen LogP) is 2.52. The first kappa shape index (κ1) is 14.7. The van der Waals surface area contributed by atoms with Crippen LogP contribution in [0.4, 0.5) is 11.5 Å². The van der Waals surface area contributed by atoms with Crippen LogP contribution in [0, 0.1) is 0 Å². The number of anilines is 2. The van der Waals surface area contributed by atoms with E-state index >= 15 is 0 Å². The minimum absolute atomic E-state index is 0.273. The number of nitrogens with two attached hydrogens (primary N) is 1. The van der Waals surface area contributed by atoms with Gasteiger partial charge in [0.2, 0.25) is 0 Å². The number of benzene rings is 1. The fraction of sp³-hybridized carbons (Fsp3) is 0.250. The summed E-state index contributed by atoms with van der Waals surface area (Å²) in [7, 11) is 0. The molecule has 1 unspecified atom stereocenters. The maximum atomic E-state index is 11.5. The molecule has 1 aromatic heterocycles. The number of hydrogen-bond donors (Lipinski definition) is 2. The van der Waals surface area contributed by atoms with Crippen LogP contribution in [0.5, 0.6) is 0 Å². The average molecular weight is 317 g/mol. The number of pyridine rings is 1. The fourth-order valence-corrected chi connectivity index (χ4v) is 2.84. The van der Waals surface area contributed by atoms with E-state index in [9.17, 15) is 4.79 Å². The third kappa shape index (κ3) is 3.14. The number of hydrogen-bond acceptors (Lipinski definition) is 4. The molecular formula is C16H17ClN4O. The van der Waals surface area contributed by atoms with Gasteiger partial charge in [-0.05, 0) is 30.7 Å². The number of carbonyl (C=O) groups excluding carboxylic acids is 1. The number of halogens is 1. The summed E-state index contributed by atoms with van der Waals surface area (Å²) in [6, 6.07) is 11.4. The summed E-state index contributed by atoms with van der Waals surface area (Å²) in [4.78, 5) is 18.0. The molecule has 1 aromatic carbocycles. The van der Waals surface area contributed by atoms with Crippen LogP contribution in [0.15, 0.2) is 42.6 Å². The van der Waals surface area contributed by atoms with E-state index in [0.717, 1.165) is 31.0 Å². The van der Waals surface area contributed by atoms with E-state index in [-0.39, 0.29) is 6.04 Å². The van der Waals surface area contributed by atoms with Crippen molar-refractivity contribution in [2.75, 3.05) is 23.3 Å². The zero-order chi connectivity index (χ0) is 15.5. The van der Waals surface area contributed by atoms with Crippen molar-refractivity contribution in [1.82, 2.24) is 4.98 Å². The van der Waals surface area contributed by atoms with E-state index in [0.29, 0.717) is 10.6 Å². The molecule has 3 N–H and O–H groups in total. The fourth-order valence-electron chi connectivity index (χ4n) is 2.72. The monoisotopic (exact) mass is 316 g/mol. The molecule has 2 heterocycles. The van der Waals surface area contributed by atoms with Crippen LogP contribution in [0.1, 0.15) is 16.8 Å². The lowest BCUT2D eigenvalue weighted by Gasteiger charge is -2.21. The number of aromatic nitrogens is 1. The molecule has 1 amide bonds. The van der Waals surface area contributed by atoms with Crippen LogP contribution in [0.3, 0.4) is 0 Å². The maximum Gasteiger partial charge on any atom is 0.250 e. The SMILES string of the molecule is NC(=O)c1ccccc1N1CCC(Nc2ccc(Cl)cn2)C1. The Labute approximate surface area is 134 Å². The molecular weight excluding hydrogens is 300 g/mol.